The summed E-state index contributed by atoms with van der Waals surface area (Å²) in [6.07, 6.45) is 2.40. The van der Waals surface area contributed by atoms with Gasteiger partial charge in [0, 0.05) is 24.9 Å². The van der Waals surface area contributed by atoms with Gasteiger partial charge in [-0.05, 0) is 26.2 Å². The minimum atomic E-state index is 0.0910. The van der Waals surface area contributed by atoms with Gasteiger partial charge in [0.2, 0.25) is 5.91 Å². The lowest BCUT2D eigenvalue weighted by atomic mass is 10.3. The molecular formula is C10H17N3O. The van der Waals surface area contributed by atoms with E-state index < -0.39 is 0 Å². The molecule has 14 heavy (non-hydrogen) atoms. The molecule has 0 radical (unpaired) electrons. The zero-order valence-corrected chi connectivity index (χ0v) is 8.71. The molecule has 1 rings (SSSR count). The summed E-state index contributed by atoms with van der Waals surface area (Å²) in [7, 11) is 3.91. The maximum absolute atomic E-state index is 11.3. The lowest BCUT2D eigenvalue weighted by Crippen LogP contribution is -2.26. The Bertz CT molecular complexity index is 267. The molecule has 0 spiro atoms. The first-order chi connectivity index (χ1) is 6.68. The predicted molar refractivity (Wildman–Crippen MR) is 55.8 cm³/mol. The minimum Gasteiger partial charge on any atom is -0.364 e. The number of nitrogens with one attached hydrogen (secondary N) is 2. The number of rotatable bonds is 5. The van der Waals surface area contributed by atoms with Crippen LogP contribution in [0.15, 0.2) is 18.3 Å². The Labute approximate surface area is 84.3 Å². The first-order valence-electron chi connectivity index (χ1n) is 4.72. The van der Waals surface area contributed by atoms with E-state index >= 15 is 0 Å². The van der Waals surface area contributed by atoms with E-state index in [9.17, 15) is 4.79 Å². The molecule has 1 amide bonds. The number of carbonyl (C=O) groups is 1. The molecule has 0 aromatic carbocycles. The molecule has 4 heteroatoms. The number of amides is 1. The number of H-pyrrole nitrogens is 1. The Balaban J connectivity index is 2.15. The molecular weight excluding hydrogens is 178 g/mol. The maximum Gasteiger partial charge on any atom is 0.221 e. The van der Waals surface area contributed by atoms with Gasteiger partial charge in [0.05, 0.1) is 6.54 Å². The summed E-state index contributed by atoms with van der Waals surface area (Å²) >= 11 is 0. The smallest absolute Gasteiger partial charge is 0.221 e. The second-order valence-electron chi connectivity index (χ2n) is 3.53. The van der Waals surface area contributed by atoms with E-state index in [0.29, 0.717) is 13.0 Å². The monoisotopic (exact) mass is 195 g/mol. The topological polar surface area (TPSA) is 48.1 Å². The van der Waals surface area contributed by atoms with Gasteiger partial charge in [-0.2, -0.15) is 0 Å². The summed E-state index contributed by atoms with van der Waals surface area (Å²) in [5.41, 5.74) is 1.03. The molecule has 1 aromatic heterocycles. The average Bonchev–Trinajstić information content (AvgIpc) is 2.63. The van der Waals surface area contributed by atoms with Crippen LogP contribution in [0.4, 0.5) is 0 Å². The van der Waals surface area contributed by atoms with Gasteiger partial charge in [-0.3, -0.25) is 4.79 Å². The van der Waals surface area contributed by atoms with Crippen molar-refractivity contribution in [1.29, 1.82) is 0 Å². The van der Waals surface area contributed by atoms with Crippen molar-refractivity contribution in [3.05, 3.63) is 24.0 Å². The standard InChI is InChI=1S/C10H17N3O/c1-13(2)7-5-10(14)12-8-9-4-3-6-11-9/h3-4,6,11H,5,7-8H2,1-2H3,(H,12,14). The van der Waals surface area contributed by atoms with Crippen molar-refractivity contribution in [2.24, 2.45) is 0 Å². The summed E-state index contributed by atoms with van der Waals surface area (Å²) < 4.78 is 0. The van der Waals surface area contributed by atoms with Crippen LogP contribution in [0.1, 0.15) is 12.1 Å². The second kappa shape index (κ2) is 5.44. The lowest BCUT2D eigenvalue weighted by molar-refractivity contribution is -0.121. The predicted octanol–water partition coefficient (Wildman–Crippen LogP) is 0.583. The van der Waals surface area contributed by atoms with Crippen molar-refractivity contribution in [3.8, 4) is 0 Å². The number of hydrogen-bond acceptors (Lipinski definition) is 2. The second-order valence-corrected chi connectivity index (χ2v) is 3.53. The van der Waals surface area contributed by atoms with E-state index in [-0.39, 0.29) is 5.91 Å². The summed E-state index contributed by atoms with van der Waals surface area (Å²) in [4.78, 5) is 16.3. The van der Waals surface area contributed by atoms with Crippen LogP contribution >= 0.6 is 0 Å². The molecule has 0 bridgehead atoms. The third kappa shape index (κ3) is 4.09. The molecule has 0 saturated heterocycles. The maximum atomic E-state index is 11.3. The van der Waals surface area contributed by atoms with E-state index in [2.05, 4.69) is 10.3 Å². The highest BCUT2D eigenvalue weighted by molar-refractivity contribution is 5.75. The van der Waals surface area contributed by atoms with Crippen LogP contribution in [-0.2, 0) is 11.3 Å². The lowest BCUT2D eigenvalue weighted by Gasteiger charge is -2.08. The number of aromatic nitrogens is 1. The van der Waals surface area contributed by atoms with Gasteiger partial charge in [-0.1, -0.05) is 0 Å². The van der Waals surface area contributed by atoms with Crippen molar-refractivity contribution in [3.63, 3.8) is 0 Å². The highest BCUT2D eigenvalue weighted by Gasteiger charge is 2.01. The average molecular weight is 195 g/mol. The van der Waals surface area contributed by atoms with E-state index in [1.165, 1.54) is 0 Å². The van der Waals surface area contributed by atoms with Gasteiger partial charge in [-0.25, -0.2) is 0 Å². The fourth-order valence-electron chi connectivity index (χ4n) is 1.08. The Morgan fingerprint density at radius 1 is 1.57 bits per heavy atom. The molecule has 2 N–H and O–H groups in total. The van der Waals surface area contributed by atoms with E-state index in [0.717, 1.165) is 12.2 Å². The first kappa shape index (κ1) is 10.8. The summed E-state index contributed by atoms with van der Waals surface area (Å²) in [5, 5.41) is 2.84. The highest BCUT2D eigenvalue weighted by atomic mass is 16.1. The number of nitrogens with zero attached hydrogens (tertiary/aromatic N) is 1. The number of hydrogen-bond donors (Lipinski definition) is 2. The fraction of sp³-hybridized carbons (Fsp3) is 0.500. The van der Waals surface area contributed by atoms with Crippen LogP contribution in [0.2, 0.25) is 0 Å². The third-order valence-electron chi connectivity index (χ3n) is 1.92. The number of aromatic amines is 1. The van der Waals surface area contributed by atoms with Gasteiger partial charge in [0.15, 0.2) is 0 Å². The minimum absolute atomic E-state index is 0.0910. The van der Waals surface area contributed by atoms with Gasteiger partial charge >= 0.3 is 0 Å². The van der Waals surface area contributed by atoms with Crippen molar-refractivity contribution in [2.75, 3.05) is 20.6 Å². The molecule has 78 valence electrons. The van der Waals surface area contributed by atoms with Gasteiger partial charge < -0.3 is 15.2 Å². The van der Waals surface area contributed by atoms with E-state index in [4.69, 9.17) is 0 Å². The van der Waals surface area contributed by atoms with Crippen LogP contribution in [0.3, 0.4) is 0 Å². The van der Waals surface area contributed by atoms with Gasteiger partial charge in [0.1, 0.15) is 0 Å². The van der Waals surface area contributed by atoms with Gasteiger partial charge in [-0.15, -0.1) is 0 Å². The third-order valence-corrected chi connectivity index (χ3v) is 1.92. The van der Waals surface area contributed by atoms with Crippen LogP contribution in [-0.4, -0.2) is 36.4 Å². The highest BCUT2D eigenvalue weighted by Crippen LogP contribution is 1.93. The molecule has 1 aromatic rings. The zero-order valence-electron chi connectivity index (χ0n) is 8.71. The van der Waals surface area contributed by atoms with Crippen LogP contribution in [0.25, 0.3) is 0 Å². The molecule has 4 nitrogen and oxygen atoms in total. The van der Waals surface area contributed by atoms with Crippen molar-refractivity contribution >= 4 is 5.91 Å². The van der Waals surface area contributed by atoms with Crippen molar-refractivity contribution in [1.82, 2.24) is 15.2 Å². The molecule has 1 heterocycles. The summed E-state index contributed by atoms with van der Waals surface area (Å²) in [5.74, 6) is 0.0910. The molecule has 0 aliphatic heterocycles. The van der Waals surface area contributed by atoms with E-state index in [1.54, 1.807) is 0 Å². The molecule has 0 aliphatic rings. The zero-order chi connectivity index (χ0) is 10.4. The van der Waals surface area contributed by atoms with Crippen molar-refractivity contribution in [2.45, 2.75) is 13.0 Å². The quantitative estimate of drug-likeness (QED) is 0.722. The normalized spacial score (nSPS) is 10.5. The molecule has 0 atom stereocenters. The summed E-state index contributed by atoms with van der Waals surface area (Å²) in [6.45, 7) is 1.37. The van der Waals surface area contributed by atoms with Crippen molar-refractivity contribution < 1.29 is 4.79 Å². The fourth-order valence-corrected chi connectivity index (χ4v) is 1.08. The Morgan fingerprint density at radius 3 is 2.93 bits per heavy atom. The Kier molecular flexibility index (Phi) is 4.19. The van der Waals surface area contributed by atoms with E-state index in [1.807, 2.05) is 37.3 Å². The Morgan fingerprint density at radius 2 is 2.36 bits per heavy atom. The molecule has 0 fully saturated rings. The molecule has 0 saturated carbocycles. The van der Waals surface area contributed by atoms with Crippen LogP contribution in [0, 0.1) is 0 Å². The largest absolute Gasteiger partial charge is 0.364 e. The van der Waals surface area contributed by atoms with Crippen LogP contribution < -0.4 is 5.32 Å². The summed E-state index contributed by atoms with van der Waals surface area (Å²) in [6, 6.07) is 3.87. The number of carbonyl (C=O) groups excluding carboxylic acids is 1. The van der Waals surface area contributed by atoms with Crippen LogP contribution in [0.5, 0.6) is 0 Å². The first-order valence-corrected chi connectivity index (χ1v) is 4.72. The molecule has 0 unspecified atom stereocenters. The van der Waals surface area contributed by atoms with Gasteiger partial charge in [0.25, 0.3) is 0 Å². The molecule has 0 aliphatic carbocycles. The SMILES string of the molecule is CN(C)CCC(=O)NCc1ccc[nH]1. The Hall–Kier alpha value is -1.29.